The molecule has 1 fully saturated rings. The molecule has 216 valence electrons. The summed E-state index contributed by atoms with van der Waals surface area (Å²) in [5, 5.41) is 34.2. The zero-order valence-electron chi connectivity index (χ0n) is 23.7. The molecule has 1 aliphatic heterocycles. The van der Waals surface area contributed by atoms with E-state index in [1.807, 2.05) is 49.7 Å². The van der Waals surface area contributed by atoms with Crippen molar-refractivity contribution in [3.8, 4) is 5.75 Å². The van der Waals surface area contributed by atoms with Crippen LogP contribution >= 0.6 is 0 Å². The number of aromatic nitrogens is 2. The number of rotatable bonds is 12. The number of carbonyl (C=O) groups is 2. The summed E-state index contributed by atoms with van der Waals surface area (Å²) in [4.78, 5) is 32.6. The normalized spacial score (nSPS) is 19.7. The Kier molecular flexibility index (Phi) is 9.52. The summed E-state index contributed by atoms with van der Waals surface area (Å²) in [5.41, 5.74) is 1.15. The average molecular weight is 553 g/mol. The predicted octanol–water partition coefficient (Wildman–Crippen LogP) is 2.35. The average Bonchev–Trinajstić information content (AvgIpc) is 3.67. The van der Waals surface area contributed by atoms with Gasteiger partial charge in [-0.05, 0) is 55.9 Å². The lowest BCUT2D eigenvalue weighted by Gasteiger charge is -2.29. The molecule has 2 aromatic rings. The van der Waals surface area contributed by atoms with Crippen molar-refractivity contribution in [1.82, 2.24) is 20.4 Å². The molecule has 1 unspecified atom stereocenters. The van der Waals surface area contributed by atoms with Crippen LogP contribution in [0.15, 0.2) is 35.5 Å². The number of aryl methyl sites for hydroxylation is 1. The Balaban J connectivity index is 1.49. The molecule has 11 nitrogen and oxygen atoms in total. The summed E-state index contributed by atoms with van der Waals surface area (Å²) < 4.78 is 7.17. The number of benzene rings is 1. The van der Waals surface area contributed by atoms with Crippen molar-refractivity contribution in [3.05, 3.63) is 47.3 Å². The maximum absolute atomic E-state index is 13.7. The van der Waals surface area contributed by atoms with E-state index in [9.17, 15) is 19.6 Å². The smallest absolute Gasteiger partial charge is 0.475 e. The molecule has 1 aromatic carbocycles. The van der Waals surface area contributed by atoms with Gasteiger partial charge in [0.1, 0.15) is 11.4 Å². The zero-order chi connectivity index (χ0) is 28.9. The summed E-state index contributed by atoms with van der Waals surface area (Å²) in [6, 6.07) is 9.32. The first-order chi connectivity index (χ1) is 19.1. The van der Waals surface area contributed by atoms with E-state index in [-0.39, 0.29) is 37.3 Å². The van der Waals surface area contributed by atoms with Crippen LogP contribution in [0.2, 0.25) is 0 Å². The first-order valence-corrected chi connectivity index (χ1v) is 14.0. The van der Waals surface area contributed by atoms with Gasteiger partial charge in [0, 0.05) is 12.8 Å². The highest BCUT2D eigenvalue weighted by Gasteiger charge is 2.48. The molecule has 0 spiro atoms. The number of nitrogens with one attached hydrogen (secondary N) is 2. The van der Waals surface area contributed by atoms with E-state index in [2.05, 4.69) is 20.9 Å². The summed E-state index contributed by atoms with van der Waals surface area (Å²) in [5.74, 6) is -0.882. The third kappa shape index (κ3) is 7.03. The summed E-state index contributed by atoms with van der Waals surface area (Å²) in [6.45, 7) is 5.84. The Labute approximate surface area is 235 Å². The highest BCUT2D eigenvalue weighted by atomic mass is 16.7. The monoisotopic (exact) mass is 553 g/mol. The number of hydrogen-bond donors (Lipinski definition) is 4. The molecule has 1 aromatic heterocycles. The van der Waals surface area contributed by atoms with E-state index in [0.717, 1.165) is 36.9 Å². The van der Waals surface area contributed by atoms with Gasteiger partial charge in [-0.15, -0.1) is 0 Å². The number of nitrogens with zero attached hydrogens (tertiary/aromatic N) is 3. The number of carbonyl (C=O) groups excluding carboxylic acids is 2. The summed E-state index contributed by atoms with van der Waals surface area (Å²) >= 11 is 0. The SMILES string of the molecule is COc1cccc(CC2(C(=O)N[C@@H](CC(C)C)B(O)O)CC(CNC(=O)c3cc(C)nn3C3CCCC3)=NO2)c1. The van der Waals surface area contributed by atoms with Gasteiger partial charge in [0.05, 0.1) is 37.0 Å². The maximum Gasteiger partial charge on any atom is 0.475 e. The molecule has 0 radical (unpaired) electrons. The fraction of sp³-hybridized carbons (Fsp3) is 0.571. The van der Waals surface area contributed by atoms with Crippen LogP contribution in [0.3, 0.4) is 0 Å². The van der Waals surface area contributed by atoms with Crippen LogP contribution in [0.25, 0.3) is 0 Å². The molecule has 0 saturated heterocycles. The minimum absolute atomic E-state index is 0.0961. The van der Waals surface area contributed by atoms with Crippen molar-refractivity contribution in [3.63, 3.8) is 0 Å². The van der Waals surface area contributed by atoms with E-state index in [1.165, 1.54) is 0 Å². The molecule has 12 heteroatoms. The lowest BCUT2D eigenvalue weighted by Crippen LogP contribution is -2.56. The number of methoxy groups -OCH3 is 1. The highest BCUT2D eigenvalue weighted by molar-refractivity contribution is 6.43. The van der Waals surface area contributed by atoms with Crippen LogP contribution in [-0.4, -0.2) is 69.7 Å². The second kappa shape index (κ2) is 12.9. The van der Waals surface area contributed by atoms with Crippen LogP contribution in [0.1, 0.15) is 80.2 Å². The van der Waals surface area contributed by atoms with Crippen LogP contribution in [0.4, 0.5) is 0 Å². The fourth-order valence-electron chi connectivity index (χ4n) is 5.50. The van der Waals surface area contributed by atoms with Gasteiger partial charge in [0.25, 0.3) is 11.8 Å². The number of oxime groups is 1. The minimum Gasteiger partial charge on any atom is -0.497 e. The molecule has 1 aliphatic carbocycles. The first-order valence-electron chi connectivity index (χ1n) is 14.0. The standard InChI is InChI=1S/C28H40BN5O6/c1-18(2)12-25(29(37)38)31-27(36)28(15-20-8-7-11-23(14-20)39-4)16-21(33-40-28)17-30-26(35)24-13-19(3)32-34(24)22-9-5-6-10-22/h7-8,11,13-14,18,22,25,37-38H,5-6,9-10,12,15-17H2,1-4H3,(H,30,35)(H,31,36)/t25-,28?/m0/s1. The van der Waals surface area contributed by atoms with Crippen molar-refractivity contribution >= 4 is 24.6 Å². The number of ether oxygens (including phenoxy) is 1. The second-order valence-corrected chi connectivity index (χ2v) is 11.3. The Morgan fingerprint density at radius 2 is 2.00 bits per heavy atom. The Hall–Kier alpha value is -3.38. The van der Waals surface area contributed by atoms with Crippen molar-refractivity contribution in [2.45, 2.75) is 83.3 Å². The second-order valence-electron chi connectivity index (χ2n) is 11.3. The van der Waals surface area contributed by atoms with Gasteiger partial charge in [-0.3, -0.25) is 14.3 Å². The van der Waals surface area contributed by atoms with E-state index in [0.29, 0.717) is 23.6 Å². The van der Waals surface area contributed by atoms with Gasteiger partial charge < -0.3 is 30.3 Å². The molecule has 2 atom stereocenters. The molecule has 2 aliphatic rings. The summed E-state index contributed by atoms with van der Waals surface area (Å²) in [7, 11) is -0.161. The van der Waals surface area contributed by atoms with E-state index in [1.54, 1.807) is 13.2 Å². The molecule has 4 rings (SSSR count). The quantitative estimate of drug-likeness (QED) is 0.295. The van der Waals surface area contributed by atoms with Gasteiger partial charge in [-0.2, -0.15) is 5.10 Å². The minimum atomic E-state index is -1.73. The Morgan fingerprint density at radius 1 is 1.25 bits per heavy atom. The van der Waals surface area contributed by atoms with Crippen molar-refractivity contribution in [1.29, 1.82) is 0 Å². The van der Waals surface area contributed by atoms with Crippen LogP contribution < -0.4 is 15.4 Å². The zero-order valence-corrected chi connectivity index (χ0v) is 23.7. The largest absolute Gasteiger partial charge is 0.497 e. The predicted molar refractivity (Wildman–Crippen MR) is 151 cm³/mol. The maximum atomic E-state index is 13.7. The van der Waals surface area contributed by atoms with Crippen LogP contribution in [-0.2, 0) is 16.1 Å². The van der Waals surface area contributed by atoms with Crippen LogP contribution in [0, 0.1) is 12.8 Å². The first kappa shape index (κ1) is 29.6. The van der Waals surface area contributed by atoms with Gasteiger partial charge in [0.2, 0.25) is 5.60 Å². The van der Waals surface area contributed by atoms with Gasteiger partial charge in [-0.1, -0.05) is 44.0 Å². The number of hydrogen-bond acceptors (Lipinski definition) is 8. The molecular formula is C28H40BN5O6. The lowest BCUT2D eigenvalue weighted by molar-refractivity contribution is -0.144. The third-order valence-corrected chi connectivity index (χ3v) is 7.49. The van der Waals surface area contributed by atoms with E-state index < -0.39 is 24.6 Å². The summed E-state index contributed by atoms with van der Waals surface area (Å²) in [6.07, 6.45) is 4.92. The van der Waals surface area contributed by atoms with Gasteiger partial charge >= 0.3 is 7.12 Å². The van der Waals surface area contributed by atoms with Crippen molar-refractivity contribution in [2.75, 3.05) is 13.7 Å². The highest BCUT2D eigenvalue weighted by Crippen LogP contribution is 2.32. The molecule has 2 amide bonds. The topological polar surface area (TPSA) is 147 Å². The Bertz CT molecular complexity index is 1230. The van der Waals surface area contributed by atoms with Crippen LogP contribution in [0.5, 0.6) is 5.75 Å². The Morgan fingerprint density at radius 3 is 2.67 bits per heavy atom. The fourth-order valence-corrected chi connectivity index (χ4v) is 5.50. The molecule has 0 bridgehead atoms. The van der Waals surface area contributed by atoms with Gasteiger partial charge in [-0.25, -0.2) is 0 Å². The van der Waals surface area contributed by atoms with E-state index in [4.69, 9.17) is 9.57 Å². The molecule has 40 heavy (non-hydrogen) atoms. The third-order valence-electron chi connectivity index (χ3n) is 7.49. The van der Waals surface area contributed by atoms with Crippen molar-refractivity contribution in [2.24, 2.45) is 11.1 Å². The lowest BCUT2D eigenvalue weighted by atomic mass is 9.74. The number of amides is 2. The molecule has 1 saturated carbocycles. The molecule has 2 heterocycles. The van der Waals surface area contributed by atoms with Crippen molar-refractivity contribution < 1.29 is 29.2 Å². The molecular weight excluding hydrogens is 513 g/mol. The van der Waals surface area contributed by atoms with Gasteiger partial charge in [0.15, 0.2) is 0 Å². The molecule has 4 N–H and O–H groups in total. The van der Waals surface area contributed by atoms with E-state index >= 15 is 0 Å².